The molecule has 0 aliphatic carbocycles. The second-order valence-corrected chi connectivity index (χ2v) is 3.85. The molecule has 0 saturated carbocycles. The third kappa shape index (κ3) is 1.96. The normalized spacial score (nSPS) is 10.5. The molecule has 0 radical (unpaired) electrons. The molecule has 2 aromatic rings. The number of ether oxygens (including phenoxy) is 1. The molecule has 0 saturated heterocycles. The second-order valence-electron chi connectivity index (χ2n) is 3.85. The van der Waals surface area contributed by atoms with Gasteiger partial charge in [-0.2, -0.15) is 5.10 Å². The van der Waals surface area contributed by atoms with E-state index in [9.17, 15) is 9.59 Å². The van der Waals surface area contributed by atoms with Crippen molar-refractivity contribution in [3.63, 3.8) is 0 Å². The zero-order valence-corrected chi connectivity index (χ0v) is 10.6. The number of aromatic nitrogens is 4. The molecule has 0 aliphatic rings. The lowest BCUT2D eigenvalue weighted by atomic mass is 10.2. The predicted octanol–water partition coefficient (Wildman–Crippen LogP) is 0.279. The number of carbonyl (C=O) groups is 1. The highest BCUT2D eigenvalue weighted by Crippen LogP contribution is 2.20. The molecule has 0 aliphatic heterocycles. The van der Waals surface area contributed by atoms with Crippen LogP contribution in [0, 0.1) is 13.8 Å². The lowest BCUT2D eigenvalue weighted by Gasteiger charge is -2.07. The Balaban J connectivity index is 2.74. The molecule has 0 aromatic carbocycles. The SMILES string of the molecule is COc1c(-n2nc(C)c(C(=O)O)c2C)nc[nH]c1=O. The molecule has 19 heavy (non-hydrogen) atoms. The second kappa shape index (κ2) is 4.56. The van der Waals surface area contributed by atoms with Gasteiger partial charge in [-0.1, -0.05) is 0 Å². The van der Waals surface area contributed by atoms with Gasteiger partial charge in [0.25, 0.3) is 5.56 Å². The van der Waals surface area contributed by atoms with Crippen molar-refractivity contribution in [2.24, 2.45) is 0 Å². The lowest BCUT2D eigenvalue weighted by molar-refractivity contribution is 0.0695. The van der Waals surface area contributed by atoms with Gasteiger partial charge in [0.15, 0.2) is 0 Å². The molecule has 0 spiro atoms. The summed E-state index contributed by atoms with van der Waals surface area (Å²) in [6.45, 7) is 3.17. The summed E-state index contributed by atoms with van der Waals surface area (Å²) >= 11 is 0. The fourth-order valence-corrected chi connectivity index (χ4v) is 1.87. The minimum Gasteiger partial charge on any atom is -0.488 e. The molecule has 0 amide bonds. The molecule has 0 atom stereocenters. The molecule has 0 bridgehead atoms. The number of H-pyrrole nitrogens is 1. The Labute approximate surface area is 107 Å². The molecular weight excluding hydrogens is 252 g/mol. The Bertz CT molecular complexity index is 701. The molecule has 2 N–H and O–H groups in total. The van der Waals surface area contributed by atoms with Gasteiger partial charge in [-0.25, -0.2) is 14.5 Å². The molecule has 0 fully saturated rings. The predicted molar refractivity (Wildman–Crippen MR) is 65.0 cm³/mol. The summed E-state index contributed by atoms with van der Waals surface area (Å²) < 4.78 is 6.27. The summed E-state index contributed by atoms with van der Waals surface area (Å²) in [4.78, 5) is 29.1. The number of nitrogens with zero attached hydrogens (tertiary/aromatic N) is 3. The van der Waals surface area contributed by atoms with Crippen LogP contribution in [0.25, 0.3) is 5.82 Å². The van der Waals surface area contributed by atoms with Crippen LogP contribution in [0.3, 0.4) is 0 Å². The first kappa shape index (κ1) is 12.8. The first-order valence-corrected chi connectivity index (χ1v) is 5.39. The fourth-order valence-electron chi connectivity index (χ4n) is 1.87. The summed E-state index contributed by atoms with van der Waals surface area (Å²) in [7, 11) is 1.33. The summed E-state index contributed by atoms with van der Waals surface area (Å²) in [5, 5.41) is 13.2. The van der Waals surface area contributed by atoms with E-state index in [4.69, 9.17) is 9.84 Å². The number of methoxy groups -OCH3 is 1. The van der Waals surface area contributed by atoms with Crippen molar-refractivity contribution < 1.29 is 14.6 Å². The Hall–Kier alpha value is -2.64. The minimum atomic E-state index is -1.08. The van der Waals surface area contributed by atoms with Crippen LogP contribution in [-0.2, 0) is 0 Å². The highest BCUT2D eigenvalue weighted by molar-refractivity contribution is 5.90. The van der Waals surface area contributed by atoms with Crippen molar-refractivity contribution in [3.05, 3.63) is 33.6 Å². The van der Waals surface area contributed by atoms with Gasteiger partial charge in [0.1, 0.15) is 5.56 Å². The van der Waals surface area contributed by atoms with Crippen molar-refractivity contribution in [1.29, 1.82) is 0 Å². The Kier molecular flexibility index (Phi) is 3.07. The topological polar surface area (TPSA) is 110 Å². The van der Waals surface area contributed by atoms with E-state index in [0.29, 0.717) is 11.4 Å². The number of hydrogen-bond donors (Lipinski definition) is 2. The molecule has 0 unspecified atom stereocenters. The third-order valence-corrected chi connectivity index (χ3v) is 2.70. The van der Waals surface area contributed by atoms with Crippen LogP contribution in [0.1, 0.15) is 21.7 Å². The third-order valence-electron chi connectivity index (χ3n) is 2.70. The number of nitrogens with one attached hydrogen (secondary N) is 1. The van der Waals surface area contributed by atoms with Crippen molar-refractivity contribution in [3.8, 4) is 11.6 Å². The van der Waals surface area contributed by atoms with Crippen LogP contribution in [0.2, 0.25) is 0 Å². The monoisotopic (exact) mass is 264 g/mol. The molecule has 2 aromatic heterocycles. The first-order valence-electron chi connectivity index (χ1n) is 5.39. The van der Waals surface area contributed by atoms with Crippen molar-refractivity contribution >= 4 is 5.97 Å². The van der Waals surface area contributed by atoms with Crippen LogP contribution >= 0.6 is 0 Å². The average Bonchev–Trinajstić information content (AvgIpc) is 2.64. The van der Waals surface area contributed by atoms with E-state index in [2.05, 4.69) is 15.1 Å². The maximum absolute atomic E-state index is 11.6. The molecule has 2 rings (SSSR count). The Morgan fingerprint density at radius 2 is 2.16 bits per heavy atom. The van der Waals surface area contributed by atoms with E-state index in [0.717, 1.165) is 0 Å². The fraction of sp³-hybridized carbons (Fsp3) is 0.273. The van der Waals surface area contributed by atoms with E-state index in [1.54, 1.807) is 13.8 Å². The highest BCUT2D eigenvalue weighted by Gasteiger charge is 2.21. The van der Waals surface area contributed by atoms with Gasteiger partial charge in [-0.15, -0.1) is 0 Å². The van der Waals surface area contributed by atoms with Crippen LogP contribution in [0.4, 0.5) is 0 Å². The van der Waals surface area contributed by atoms with Gasteiger partial charge in [-0.3, -0.25) is 4.79 Å². The van der Waals surface area contributed by atoms with E-state index in [1.165, 1.54) is 18.1 Å². The van der Waals surface area contributed by atoms with Crippen molar-refractivity contribution in [1.82, 2.24) is 19.7 Å². The molecule has 8 nitrogen and oxygen atoms in total. The molecule has 100 valence electrons. The number of carboxylic acids is 1. The smallest absolute Gasteiger partial charge is 0.339 e. The number of aromatic carboxylic acids is 1. The van der Waals surface area contributed by atoms with Crippen molar-refractivity contribution in [2.45, 2.75) is 13.8 Å². The van der Waals surface area contributed by atoms with Crippen molar-refractivity contribution in [2.75, 3.05) is 7.11 Å². The standard InChI is InChI=1S/C11H12N4O4/c1-5-7(11(17)18)6(2)15(14-5)9-8(19-3)10(16)13-4-12-9/h4H,1-3H3,(H,17,18)(H,12,13,16). The number of rotatable bonds is 3. The van der Waals surface area contributed by atoms with E-state index in [1.807, 2.05) is 0 Å². The number of carboxylic acid groups (broad SMARTS) is 1. The molecule has 8 heteroatoms. The summed E-state index contributed by atoms with van der Waals surface area (Å²) in [6, 6.07) is 0. The number of aryl methyl sites for hydroxylation is 1. The van der Waals surface area contributed by atoms with Gasteiger partial charge >= 0.3 is 5.97 Å². The average molecular weight is 264 g/mol. The van der Waals surface area contributed by atoms with Crippen LogP contribution in [0.5, 0.6) is 5.75 Å². The molecule has 2 heterocycles. The maximum Gasteiger partial charge on any atom is 0.339 e. The van der Waals surface area contributed by atoms with Gasteiger partial charge in [0, 0.05) is 0 Å². The zero-order valence-electron chi connectivity index (χ0n) is 10.6. The highest BCUT2D eigenvalue weighted by atomic mass is 16.5. The van der Waals surface area contributed by atoms with E-state index >= 15 is 0 Å². The summed E-state index contributed by atoms with van der Waals surface area (Å²) in [5.41, 5.74) is 0.344. The van der Waals surface area contributed by atoms with E-state index < -0.39 is 11.5 Å². The lowest BCUT2D eigenvalue weighted by Crippen LogP contribution is -2.15. The van der Waals surface area contributed by atoms with E-state index in [-0.39, 0.29) is 17.1 Å². The maximum atomic E-state index is 11.6. The van der Waals surface area contributed by atoms with Crippen LogP contribution in [-0.4, -0.2) is 37.9 Å². The molecular formula is C11H12N4O4. The quantitative estimate of drug-likeness (QED) is 0.823. The van der Waals surface area contributed by atoms with Gasteiger partial charge in [0.2, 0.25) is 11.6 Å². The first-order chi connectivity index (χ1) is 8.97. The van der Waals surface area contributed by atoms with Gasteiger partial charge in [0.05, 0.1) is 24.8 Å². The largest absolute Gasteiger partial charge is 0.488 e. The van der Waals surface area contributed by atoms with Gasteiger partial charge < -0.3 is 14.8 Å². The summed E-state index contributed by atoms with van der Waals surface area (Å²) in [6.07, 6.45) is 1.21. The number of hydrogen-bond acceptors (Lipinski definition) is 5. The number of aromatic amines is 1. The van der Waals surface area contributed by atoms with Gasteiger partial charge in [-0.05, 0) is 13.8 Å². The zero-order chi connectivity index (χ0) is 14.2. The summed E-state index contributed by atoms with van der Waals surface area (Å²) in [5.74, 6) is -0.950. The minimum absolute atomic E-state index is 0.0231. The Morgan fingerprint density at radius 1 is 1.47 bits per heavy atom. The van der Waals surface area contributed by atoms with Crippen LogP contribution < -0.4 is 10.3 Å². The van der Waals surface area contributed by atoms with Crippen LogP contribution in [0.15, 0.2) is 11.1 Å². The Morgan fingerprint density at radius 3 is 2.68 bits per heavy atom.